The number of benzene rings is 3. The highest BCUT2D eigenvalue weighted by Gasteiger charge is 2.31. The van der Waals surface area contributed by atoms with Gasteiger partial charge >= 0.3 is 5.97 Å². The predicted molar refractivity (Wildman–Crippen MR) is 117 cm³/mol. The van der Waals surface area contributed by atoms with Crippen LogP contribution in [0.1, 0.15) is 6.92 Å². The Hall–Kier alpha value is -2.83. The highest BCUT2D eigenvalue weighted by molar-refractivity contribution is 7.96. The summed E-state index contributed by atoms with van der Waals surface area (Å²) in [5.74, 6) is -0.278. The summed E-state index contributed by atoms with van der Waals surface area (Å²) < 4.78 is 5.46. The molecule has 0 saturated heterocycles. The van der Waals surface area contributed by atoms with E-state index >= 15 is 0 Å². The van der Waals surface area contributed by atoms with Crippen LogP contribution in [0.15, 0.2) is 104 Å². The Morgan fingerprint density at radius 2 is 1.19 bits per heavy atom. The molecule has 0 radical (unpaired) electrons. The Balaban J connectivity index is 2.44. The monoisotopic (exact) mass is 374 g/mol. The zero-order chi connectivity index (χ0) is 19.1. The molecular weight excluding hydrogens is 351 g/mol. The molecule has 136 valence electrons. The Bertz CT molecular complexity index is 858. The average molecular weight is 374 g/mol. The minimum absolute atomic E-state index is 0.203. The molecule has 0 aliphatic rings. The van der Waals surface area contributed by atoms with E-state index in [1.165, 1.54) is 0 Å². The van der Waals surface area contributed by atoms with Gasteiger partial charge < -0.3 is 4.74 Å². The largest absolute Gasteiger partial charge is 0.458 e. The van der Waals surface area contributed by atoms with Crippen LogP contribution in [0.4, 0.5) is 0 Å². The van der Waals surface area contributed by atoms with Crippen LogP contribution in [0, 0.1) is 0 Å². The topological polar surface area (TPSA) is 26.3 Å². The molecule has 0 bridgehead atoms. The van der Waals surface area contributed by atoms with Gasteiger partial charge in [0.05, 0.1) is 0 Å². The van der Waals surface area contributed by atoms with Crippen molar-refractivity contribution in [2.45, 2.75) is 6.92 Å². The number of hydrogen-bond acceptors (Lipinski definition) is 2. The number of ether oxygens (including phenoxy) is 1. The van der Waals surface area contributed by atoms with Gasteiger partial charge in [0.2, 0.25) is 0 Å². The number of esters is 1. The second-order valence-electron chi connectivity index (χ2n) is 6.15. The highest BCUT2D eigenvalue weighted by atomic mass is 31.2. The van der Waals surface area contributed by atoms with Crippen molar-refractivity contribution in [1.82, 2.24) is 0 Å². The normalized spacial score (nSPS) is 10.9. The molecule has 0 atom stereocenters. The molecule has 0 amide bonds. The zero-order valence-corrected chi connectivity index (χ0v) is 16.3. The van der Waals surface area contributed by atoms with E-state index in [1.54, 1.807) is 6.08 Å². The van der Waals surface area contributed by atoms with Gasteiger partial charge in [-0.25, -0.2) is 4.79 Å². The lowest BCUT2D eigenvalue weighted by Gasteiger charge is -2.31. The Morgan fingerprint density at radius 1 is 0.815 bits per heavy atom. The maximum absolute atomic E-state index is 13.0. The lowest BCUT2D eigenvalue weighted by Crippen LogP contribution is -2.33. The van der Waals surface area contributed by atoms with E-state index in [9.17, 15) is 4.79 Å². The number of rotatable bonds is 6. The smallest absolute Gasteiger partial charge is 0.335 e. The molecule has 0 saturated carbocycles. The lowest BCUT2D eigenvalue weighted by molar-refractivity contribution is -0.134. The highest BCUT2D eigenvalue weighted by Crippen LogP contribution is 2.46. The summed E-state index contributed by atoms with van der Waals surface area (Å²) in [6.07, 6.45) is 1.60. The van der Waals surface area contributed by atoms with Gasteiger partial charge in [-0.1, -0.05) is 104 Å². The van der Waals surface area contributed by atoms with Gasteiger partial charge in [-0.3, -0.25) is 0 Å². The van der Waals surface area contributed by atoms with E-state index in [2.05, 4.69) is 43.0 Å². The molecule has 3 aromatic rings. The van der Waals surface area contributed by atoms with E-state index in [0.717, 1.165) is 21.2 Å². The van der Waals surface area contributed by atoms with E-state index in [-0.39, 0.29) is 12.6 Å². The summed E-state index contributed by atoms with van der Waals surface area (Å²) in [5, 5.41) is 4.13. The standard InChI is InChI=1S/C24H23O2P/c1-3-19-26-24(25)20(2)27(21-13-7-4-8-14-21,22-15-9-5-10-16-22)23-17-11-6-12-18-23/h3-18H,1,19H2,2H3. The van der Waals surface area contributed by atoms with Gasteiger partial charge in [-0.05, 0) is 29.7 Å². The second kappa shape index (κ2) is 8.70. The molecule has 3 rings (SSSR count). The summed E-state index contributed by atoms with van der Waals surface area (Å²) in [6.45, 7) is 3.43. The van der Waals surface area contributed by atoms with Crippen LogP contribution in [0.2, 0.25) is 0 Å². The average Bonchev–Trinajstić information content (AvgIpc) is 2.75. The minimum atomic E-state index is -2.33. The van der Waals surface area contributed by atoms with Gasteiger partial charge in [0.1, 0.15) is 6.61 Å². The molecule has 2 nitrogen and oxygen atoms in total. The fourth-order valence-electron chi connectivity index (χ4n) is 3.36. The Morgan fingerprint density at radius 3 is 1.52 bits per heavy atom. The van der Waals surface area contributed by atoms with Crippen molar-refractivity contribution < 1.29 is 9.53 Å². The summed E-state index contributed by atoms with van der Waals surface area (Å²) >= 11 is 0. The van der Waals surface area contributed by atoms with Crippen molar-refractivity contribution in [1.29, 1.82) is 0 Å². The third-order valence-corrected chi connectivity index (χ3v) is 8.97. The Kier molecular flexibility index (Phi) is 6.11. The number of hydrogen-bond donors (Lipinski definition) is 0. The van der Waals surface area contributed by atoms with E-state index in [1.807, 2.05) is 61.5 Å². The maximum atomic E-state index is 13.0. The van der Waals surface area contributed by atoms with Crippen LogP contribution in [0.25, 0.3) is 0 Å². The van der Waals surface area contributed by atoms with Crippen LogP contribution in [-0.4, -0.2) is 17.9 Å². The van der Waals surface area contributed by atoms with Crippen LogP contribution in [0.3, 0.4) is 0 Å². The lowest BCUT2D eigenvalue weighted by atomic mass is 10.4. The van der Waals surface area contributed by atoms with Gasteiger partial charge in [-0.15, -0.1) is 0 Å². The van der Waals surface area contributed by atoms with E-state index in [0.29, 0.717) is 0 Å². The van der Waals surface area contributed by atoms with Gasteiger partial charge in [0.25, 0.3) is 0 Å². The molecule has 0 spiro atoms. The minimum Gasteiger partial charge on any atom is -0.458 e. The van der Waals surface area contributed by atoms with Crippen molar-refractivity contribution in [3.63, 3.8) is 0 Å². The molecule has 0 aliphatic heterocycles. The van der Waals surface area contributed by atoms with Crippen LogP contribution < -0.4 is 15.9 Å². The maximum Gasteiger partial charge on any atom is 0.335 e. The third kappa shape index (κ3) is 3.67. The molecule has 3 heteroatoms. The van der Waals surface area contributed by atoms with Crippen molar-refractivity contribution in [3.8, 4) is 0 Å². The predicted octanol–water partition coefficient (Wildman–Crippen LogP) is 3.90. The molecule has 3 aromatic carbocycles. The fraction of sp³-hybridized carbons (Fsp3) is 0.0833. The quantitative estimate of drug-likeness (QED) is 0.372. The molecule has 0 N–H and O–H groups in total. The van der Waals surface area contributed by atoms with Crippen molar-refractivity contribution in [2.75, 3.05) is 6.61 Å². The zero-order valence-electron chi connectivity index (χ0n) is 15.4. The first kappa shape index (κ1) is 18.9. The molecule has 0 aromatic heterocycles. The number of carbonyl (C=O) groups is 1. The summed E-state index contributed by atoms with van der Waals surface area (Å²) in [4.78, 5) is 13.0. The fourth-order valence-corrected chi connectivity index (χ4v) is 7.61. The molecule has 0 aliphatic carbocycles. The Labute approximate surface area is 161 Å². The first-order valence-electron chi connectivity index (χ1n) is 8.89. The van der Waals surface area contributed by atoms with Gasteiger partial charge in [0.15, 0.2) is 0 Å². The van der Waals surface area contributed by atoms with Crippen LogP contribution >= 0.6 is 6.89 Å². The molecular formula is C24H23O2P. The molecule has 0 unspecified atom stereocenters. The molecule has 0 fully saturated rings. The second-order valence-corrected chi connectivity index (χ2v) is 9.71. The van der Waals surface area contributed by atoms with E-state index < -0.39 is 6.89 Å². The molecule has 27 heavy (non-hydrogen) atoms. The first-order valence-corrected chi connectivity index (χ1v) is 10.7. The van der Waals surface area contributed by atoms with Crippen molar-refractivity contribution in [3.05, 3.63) is 104 Å². The first-order chi connectivity index (χ1) is 13.2. The summed E-state index contributed by atoms with van der Waals surface area (Å²) in [6, 6.07) is 30.8. The van der Waals surface area contributed by atoms with Crippen LogP contribution in [-0.2, 0) is 9.53 Å². The SMILES string of the molecule is C=CCOC(=O)C(C)=P(c1ccccc1)(c1ccccc1)c1ccccc1. The van der Waals surface area contributed by atoms with Crippen molar-refractivity contribution in [2.24, 2.45) is 0 Å². The summed E-state index contributed by atoms with van der Waals surface area (Å²) in [5.41, 5.74) is 0. The van der Waals surface area contributed by atoms with Gasteiger partial charge in [-0.2, -0.15) is 0 Å². The van der Waals surface area contributed by atoms with Crippen LogP contribution in [0.5, 0.6) is 0 Å². The van der Waals surface area contributed by atoms with Gasteiger partial charge in [0, 0.05) is 5.29 Å². The number of carbonyl (C=O) groups excluding carboxylic acids is 1. The van der Waals surface area contributed by atoms with Crippen molar-refractivity contribution >= 4 is 34.1 Å². The summed E-state index contributed by atoms with van der Waals surface area (Å²) in [7, 11) is 0. The third-order valence-electron chi connectivity index (χ3n) is 4.56. The van der Waals surface area contributed by atoms with E-state index in [4.69, 9.17) is 4.74 Å². The molecule has 0 heterocycles.